The molecule has 0 atom stereocenters. The highest BCUT2D eigenvalue weighted by atomic mass is 35.5. The Balaban J connectivity index is 2.29. The molecule has 0 aromatic heterocycles. The van der Waals surface area contributed by atoms with Crippen LogP contribution in [0.25, 0.3) is 6.08 Å². The minimum Gasteiger partial charge on any atom is -0.305 e. The zero-order valence-corrected chi connectivity index (χ0v) is 12.2. The monoisotopic (exact) mass is 325 g/mol. The number of non-ortho nitro benzene ring substituents is 1. The van der Waals surface area contributed by atoms with E-state index < -0.39 is 10.8 Å². The van der Waals surface area contributed by atoms with E-state index in [-0.39, 0.29) is 26.7 Å². The number of nitrogens with zero attached hydrogens (tertiary/aromatic N) is 2. The van der Waals surface area contributed by atoms with Crippen LogP contribution < -0.4 is 5.32 Å². The van der Waals surface area contributed by atoms with Gasteiger partial charge in [0.15, 0.2) is 5.17 Å². The fourth-order valence-electron chi connectivity index (χ4n) is 1.51. The van der Waals surface area contributed by atoms with Gasteiger partial charge in [-0.15, -0.1) is 0 Å². The number of amidine groups is 1. The summed E-state index contributed by atoms with van der Waals surface area (Å²) in [5.74, 6) is -0.880. The lowest BCUT2D eigenvalue weighted by Crippen LogP contribution is -2.23. The Kier molecular flexibility index (Phi) is 4.39. The van der Waals surface area contributed by atoms with E-state index in [0.29, 0.717) is 5.56 Å². The standard InChI is InChI=1S/C12H8ClN3O4S/c1-6(17)14-12-15-11(18)10(21-12)5-7-4-8(16(19)20)2-3-9(7)13/h2-5H,1H3,(H,14,15,17,18)/b10-5-. The van der Waals surface area contributed by atoms with Crippen LogP contribution in [-0.4, -0.2) is 21.9 Å². The molecule has 0 unspecified atom stereocenters. The molecule has 1 aromatic rings. The van der Waals surface area contributed by atoms with Gasteiger partial charge < -0.3 is 5.32 Å². The summed E-state index contributed by atoms with van der Waals surface area (Å²) in [4.78, 5) is 36.7. The van der Waals surface area contributed by atoms with Crippen LogP contribution >= 0.6 is 23.4 Å². The maximum atomic E-state index is 11.7. The zero-order valence-electron chi connectivity index (χ0n) is 10.6. The van der Waals surface area contributed by atoms with Gasteiger partial charge in [-0.1, -0.05) is 11.6 Å². The minimum atomic E-state index is -0.554. The molecule has 1 aromatic carbocycles. The lowest BCUT2D eigenvalue weighted by atomic mass is 10.2. The fourth-order valence-corrected chi connectivity index (χ4v) is 2.53. The number of rotatable bonds is 2. The third-order valence-corrected chi connectivity index (χ3v) is 3.62. The van der Waals surface area contributed by atoms with E-state index in [2.05, 4.69) is 10.3 Å². The lowest BCUT2D eigenvalue weighted by Gasteiger charge is -2.00. The van der Waals surface area contributed by atoms with E-state index in [1.54, 1.807) is 0 Å². The van der Waals surface area contributed by atoms with Crippen molar-refractivity contribution in [3.8, 4) is 0 Å². The Morgan fingerprint density at radius 1 is 1.52 bits per heavy atom. The van der Waals surface area contributed by atoms with Crippen molar-refractivity contribution in [1.29, 1.82) is 0 Å². The van der Waals surface area contributed by atoms with E-state index in [4.69, 9.17) is 11.6 Å². The number of thioether (sulfide) groups is 1. The largest absolute Gasteiger partial charge is 0.305 e. The van der Waals surface area contributed by atoms with Gasteiger partial charge in [0, 0.05) is 29.6 Å². The summed E-state index contributed by atoms with van der Waals surface area (Å²) in [6, 6.07) is 3.92. The molecule has 0 saturated carbocycles. The number of halogens is 1. The summed E-state index contributed by atoms with van der Waals surface area (Å²) in [6.07, 6.45) is 1.40. The number of nitro groups is 1. The predicted molar refractivity (Wildman–Crippen MR) is 79.9 cm³/mol. The van der Waals surface area contributed by atoms with Crippen molar-refractivity contribution in [1.82, 2.24) is 5.32 Å². The first kappa shape index (κ1) is 15.2. The first-order valence-corrected chi connectivity index (χ1v) is 6.80. The van der Waals surface area contributed by atoms with Gasteiger partial charge in [0.2, 0.25) is 5.91 Å². The van der Waals surface area contributed by atoms with Crippen LogP contribution in [-0.2, 0) is 9.59 Å². The molecule has 2 amide bonds. The molecular formula is C12H8ClN3O4S. The molecule has 0 aliphatic carbocycles. The molecular weight excluding hydrogens is 318 g/mol. The van der Waals surface area contributed by atoms with Crippen molar-refractivity contribution in [3.05, 3.63) is 43.8 Å². The van der Waals surface area contributed by atoms with E-state index in [0.717, 1.165) is 11.8 Å². The van der Waals surface area contributed by atoms with Crippen LogP contribution in [0.2, 0.25) is 5.02 Å². The van der Waals surface area contributed by atoms with Crippen molar-refractivity contribution >= 4 is 52.1 Å². The minimum absolute atomic E-state index is 0.135. The second-order valence-electron chi connectivity index (χ2n) is 3.98. The number of nitrogens with one attached hydrogen (secondary N) is 1. The van der Waals surface area contributed by atoms with Gasteiger partial charge >= 0.3 is 0 Å². The maximum Gasteiger partial charge on any atom is 0.286 e. The van der Waals surface area contributed by atoms with E-state index in [1.807, 2.05) is 0 Å². The molecule has 0 bridgehead atoms. The van der Waals surface area contributed by atoms with Gasteiger partial charge in [-0.3, -0.25) is 19.7 Å². The molecule has 0 spiro atoms. The number of carbonyl (C=O) groups is 2. The lowest BCUT2D eigenvalue weighted by molar-refractivity contribution is -0.384. The highest BCUT2D eigenvalue weighted by Gasteiger charge is 2.23. The molecule has 7 nitrogen and oxygen atoms in total. The highest BCUT2D eigenvalue weighted by molar-refractivity contribution is 8.18. The second-order valence-corrected chi connectivity index (χ2v) is 5.41. The summed E-state index contributed by atoms with van der Waals surface area (Å²) in [7, 11) is 0. The summed E-state index contributed by atoms with van der Waals surface area (Å²) in [5, 5.41) is 13.6. The predicted octanol–water partition coefficient (Wildman–Crippen LogP) is 2.35. The molecule has 0 radical (unpaired) electrons. The topological polar surface area (TPSA) is 102 Å². The third-order valence-electron chi connectivity index (χ3n) is 2.38. The van der Waals surface area contributed by atoms with Gasteiger partial charge in [0.1, 0.15) is 0 Å². The number of benzene rings is 1. The first-order chi connectivity index (χ1) is 9.86. The summed E-state index contributed by atoms with van der Waals surface area (Å²) >= 11 is 6.92. The van der Waals surface area contributed by atoms with Crippen molar-refractivity contribution in [2.75, 3.05) is 0 Å². The zero-order chi connectivity index (χ0) is 15.6. The van der Waals surface area contributed by atoms with Crippen LogP contribution in [0.15, 0.2) is 28.1 Å². The number of hydrogen-bond donors (Lipinski definition) is 1. The van der Waals surface area contributed by atoms with Crippen LogP contribution in [0.1, 0.15) is 12.5 Å². The van der Waals surface area contributed by atoms with Gasteiger partial charge in [-0.25, -0.2) is 0 Å². The Hall–Kier alpha value is -2.19. The van der Waals surface area contributed by atoms with Crippen LogP contribution in [0.5, 0.6) is 0 Å². The Bertz CT molecular complexity index is 714. The molecule has 0 saturated heterocycles. The Labute approximate surface area is 128 Å². The van der Waals surface area contributed by atoms with E-state index in [9.17, 15) is 19.7 Å². The smallest absolute Gasteiger partial charge is 0.286 e. The molecule has 1 N–H and O–H groups in total. The molecule has 1 aliphatic rings. The SMILES string of the molecule is CC(=O)NC1=NC(=O)/C(=C/c2cc([N+](=O)[O-])ccc2Cl)S1. The number of carbonyl (C=O) groups excluding carboxylic acids is 2. The molecule has 1 heterocycles. The van der Waals surface area contributed by atoms with Crippen molar-refractivity contribution < 1.29 is 14.5 Å². The van der Waals surface area contributed by atoms with Crippen LogP contribution in [0.3, 0.4) is 0 Å². The normalized spacial score (nSPS) is 16.0. The number of amides is 2. The molecule has 9 heteroatoms. The van der Waals surface area contributed by atoms with E-state index >= 15 is 0 Å². The average molecular weight is 326 g/mol. The Morgan fingerprint density at radius 3 is 2.86 bits per heavy atom. The van der Waals surface area contributed by atoms with Gasteiger partial charge in [-0.2, -0.15) is 4.99 Å². The summed E-state index contributed by atoms with van der Waals surface area (Å²) in [6.45, 7) is 1.30. The average Bonchev–Trinajstić information content (AvgIpc) is 2.71. The van der Waals surface area contributed by atoms with Crippen molar-refractivity contribution in [2.24, 2.45) is 4.99 Å². The molecule has 0 fully saturated rings. The maximum absolute atomic E-state index is 11.7. The van der Waals surface area contributed by atoms with Gasteiger partial charge in [0.25, 0.3) is 11.6 Å². The summed E-state index contributed by atoms with van der Waals surface area (Å²) in [5.41, 5.74) is 0.200. The quantitative estimate of drug-likeness (QED) is 0.511. The van der Waals surface area contributed by atoms with Crippen LogP contribution in [0, 0.1) is 10.1 Å². The van der Waals surface area contributed by atoms with Crippen molar-refractivity contribution in [3.63, 3.8) is 0 Å². The molecule has 21 heavy (non-hydrogen) atoms. The number of hydrogen-bond acceptors (Lipinski definition) is 5. The number of nitro benzene ring substituents is 1. The summed E-state index contributed by atoms with van der Waals surface area (Å²) < 4.78 is 0. The van der Waals surface area contributed by atoms with E-state index in [1.165, 1.54) is 31.2 Å². The van der Waals surface area contributed by atoms with Gasteiger partial charge in [-0.05, 0) is 23.9 Å². The first-order valence-electron chi connectivity index (χ1n) is 5.61. The third kappa shape index (κ3) is 3.67. The van der Waals surface area contributed by atoms with Gasteiger partial charge in [0.05, 0.1) is 9.83 Å². The fraction of sp³-hybridized carbons (Fsp3) is 0.0833. The van der Waals surface area contributed by atoms with Crippen LogP contribution in [0.4, 0.5) is 5.69 Å². The Morgan fingerprint density at radius 2 is 2.24 bits per heavy atom. The second kappa shape index (κ2) is 6.06. The van der Waals surface area contributed by atoms with Crippen molar-refractivity contribution in [2.45, 2.75) is 6.92 Å². The molecule has 108 valence electrons. The molecule has 2 rings (SSSR count). The number of aliphatic imine (C=N–C) groups is 1. The molecule has 1 aliphatic heterocycles. The highest BCUT2D eigenvalue weighted by Crippen LogP contribution is 2.31.